The van der Waals surface area contributed by atoms with Gasteiger partial charge in [-0.3, -0.25) is 4.90 Å². The Kier molecular flexibility index (Phi) is 5.47. The third-order valence-corrected chi connectivity index (χ3v) is 3.76. The van der Waals surface area contributed by atoms with Crippen molar-refractivity contribution < 1.29 is 13.2 Å². The number of alkyl halides is 3. The Hall–Kier alpha value is -1.27. The van der Waals surface area contributed by atoms with Crippen LogP contribution in [-0.2, 0) is 6.42 Å². The third kappa shape index (κ3) is 5.93. The first-order valence-corrected chi connectivity index (χ1v) is 7.28. The zero-order valence-electron chi connectivity index (χ0n) is 12.1. The first kappa shape index (κ1) is 16.1. The van der Waals surface area contributed by atoms with Crippen LogP contribution < -0.4 is 5.73 Å². The van der Waals surface area contributed by atoms with Crippen molar-refractivity contribution in [3.05, 3.63) is 29.8 Å². The van der Waals surface area contributed by atoms with Gasteiger partial charge in [0.15, 0.2) is 0 Å². The highest BCUT2D eigenvalue weighted by molar-refractivity contribution is 5.40. The minimum absolute atomic E-state index is 0.498. The fourth-order valence-corrected chi connectivity index (χ4v) is 2.68. The number of hydrogen-bond donors (Lipinski definition) is 1. The highest BCUT2D eigenvalue weighted by Gasteiger charge is 2.31. The van der Waals surface area contributed by atoms with E-state index in [1.807, 2.05) is 18.2 Å². The molecule has 1 aromatic carbocycles. The third-order valence-electron chi connectivity index (χ3n) is 3.76. The van der Waals surface area contributed by atoms with Crippen LogP contribution in [-0.4, -0.2) is 55.2 Å². The molecule has 0 unspecified atom stereocenters. The standard InChI is InChI=1S/C15H22F3N3/c16-15(17,18)12-21-9-7-20(8-10-21)6-2-4-13-3-1-5-14(19)11-13/h1,3,5,11H,2,4,6-10,12,19H2. The van der Waals surface area contributed by atoms with E-state index >= 15 is 0 Å². The average molecular weight is 301 g/mol. The van der Waals surface area contributed by atoms with Gasteiger partial charge in [0.1, 0.15) is 0 Å². The van der Waals surface area contributed by atoms with Crippen molar-refractivity contribution >= 4 is 5.69 Å². The summed E-state index contributed by atoms with van der Waals surface area (Å²) in [5.41, 5.74) is 7.72. The van der Waals surface area contributed by atoms with E-state index in [0.29, 0.717) is 26.2 Å². The topological polar surface area (TPSA) is 32.5 Å². The van der Waals surface area contributed by atoms with Gasteiger partial charge in [-0.05, 0) is 37.1 Å². The van der Waals surface area contributed by atoms with Crippen molar-refractivity contribution in [3.63, 3.8) is 0 Å². The summed E-state index contributed by atoms with van der Waals surface area (Å²) in [6.45, 7) is 2.56. The van der Waals surface area contributed by atoms with Crippen molar-refractivity contribution in [3.8, 4) is 0 Å². The highest BCUT2D eigenvalue weighted by Crippen LogP contribution is 2.17. The molecule has 0 saturated carbocycles. The molecule has 6 heteroatoms. The first-order chi connectivity index (χ1) is 9.92. The summed E-state index contributed by atoms with van der Waals surface area (Å²) in [4.78, 5) is 3.72. The summed E-state index contributed by atoms with van der Waals surface area (Å²) in [6, 6.07) is 7.84. The Morgan fingerprint density at radius 2 is 1.71 bits per heavy atom. The van der Waals surface area contributed by atoms with Crippen LogP contribution in [0.25, 0.3) is 0 Å². The van der Waals surface area contributed by atoms with Gasteiger partial charge < -0.3 is 10.6 Å². The normalized spacial score (nSPS) is 18.0. The Bertz CT molecular complexity index is 440. The van der Waals surface area contributed by atoms with Crippen LogP contribution in [0.3, 0.4) is 0 Å². The molecule has 1 fully saturated rings. The van der Waals surface area contributed by atoms with E-state index in [2.05, 4.69) is 11.0 Å². The van der Waals surface area contributed by atoms with E-state index in [1.54, 1.807) is 0 Å². The lowest BCUT2D eigenvalue weighted by molar-refractivity contribution is -0.149. The van der Waals surface area contributed by atoms with E-state index < -0.39 is 12.7 Å². The van der Waals surface area contributed by atoms with Crippen molar-refractivity contribution in [1.29, 1.82) is 0 Å². The van der Waals surface area contributed by atoms with Gasteiger partial charge in [-0.15, -0.1) is 0 Å². The summed E-state index contributed by atoms with van der Waals surface area (Å²) in [5, 5.41) is 0. The maximum absolute atomic E-state index is 12.3. The number of benzene rings is 1. The number of nitrogens with two attached hydrogens (primary N) is 1. The second-order valence-electron chi connectivity index (χ2n) is 5.58. The minimum Gasteiger partial charge on any atom is -0.399 e. The molecule has 0 aliphatic carbocycles. The van der Waals surface area contributed by atoms with E-state index in [4.69, 9.17) is 5.73 Å². The molecule has 0 amide bonds. The van der Waals surface area contributed by atoms with Crippen LogP contribution in [0.15, 0.2) is 24.3 Å². The summed E-state index contributed by atoms with van der Waals surface area (Å²) >= 11 is 0. The lowest BCUT2D eigenvalue weighted by Crippen LogP contribution is -2.49. The van der Waals surface area contributed by atoms with Gasteiger partial charge in [-0.1, -0.05) is 12.1 Å². The molecule has 1 heterocycles. The number of nitrogens with zero attached hydrogens (tertiary/aromatic N) is 2. The smallest absolute Gasteiger partial charge is 0.399 e. The maximum atomic E-state index is 12.3. The molecule has 1 aromatic rings. The second kappa shape index (κ2) is 7.13. The van der Waals surface area contributed by atoms with Crippen LogP contribution in [0.5, 0.6) is 0 Å². The van der Waals surface area contributed by atoms with Gasteiger partial charge in [0.25, 0.3) is 0 Å². The second-order valence-corrected chi connectivity index (χ2v) is 5.58. The molecular weight excluding hydrogens is 279 g/mol. The number of rotatable bonds is 5. The van der Waals surface area contributed by atoms with Crippen LogP contribution in [0.4, 0.5) is 18.9 Å². The van der Waals surface area contributed by atoms with Gasteiger partial charge in [-0.2, -0.15) is 13.2 Å². The molecule has 21 heavy (non-hydrogen) atoms. The zero-order chi connectivity index (χ0) is 15.3. The van der Waals surface area contributed by atoms with Crippen LogP contribution in [0.1, 0.15) is 12.0 Å². The average Bonchev–Trinajstić information content (AvgIpc) is 2.39. The summed E-state index contributed by atoms with van der Waals surface area (Å²) in [7, 11) is 0. The Labute approximate surface area is 123 Å². The number of halogens is 3. The van der Waals surface area contributed by atoms with Gasteiger partial charge in [0.05, 0.1) is 6.54 Å². The van der Waals surface area contributed by atoms with Gasteiger partial charge in [0, 0.05) is 31.9 Å². The Balaban J connectivity index is 1.65. The van der Waals surface area contributed by atoms with Crippen molar-refractivity contribution in [2.75, 3.05) is 45.0 Å². The number of nitrogen functional groups attached to an aromatic ring is 1. The molecule has 1 saturated heterocycles. The lowest BCUT2D eigenvalue weighted by atomic mass is 10.1. The van der Waals surface area contributed by atoms with E-state index in [-0.39, 0.29) is 0 Å². The number of hydrogen-bond acceptors (Lipinski definition) is 3. The predicted molar refractivity (Wildman–Crippen MR) is 78.1 cm³/mol. The summed E-state index contributed by atoms with van der Waals surface area (Å²) in [6.07, 6.45) is -2.13. The molecule has 0 atom stereocenters. The number of anilines is 1. The van der Waals surface area contributed by atoms with Crippen LogP contribution in [0, 0.1) is 0 Å². The lowest BCUT2D eigenvalue weighted by Gasteiger charge is -2.34. The summed E-state index contributed by atoms with van der Waals surface area (Å²) in [5.74, 6) is 0. The van der Waals surface area contributed by atoms with Gasteiger partial charge in [-0.25, -0.2) is 0 Å². The van der Waals surface area contributed by atoms with Crippen molar-refractivity contribution in [2.24, 2.45) is 0 Å². The molecule has 2 rings (SSSR count). The molecule has 118 valence electrons. The number of piperazine rings is 1. The SMILES string of the molecule is Nc1cccc(CCCN2CCN(CC(F)(F)F)CC2)c1. The Morgan fingerprint density at radius 1 is 1.05 bits per heavy atom. The van der Waals surface area contributed by atoms with E-state index in [9.17, 15) is 13.2 Å². The van der Waals surface area contributed by atoms with Gasteiger partial charge >= 0.3 is 6.18 Å². The first-order valence-electron chi connectivity index (χ1n) is 7.28. The monoisotopic (exact) mass is 301 g/mol. The molecule has 1 aliphatic rings. The summed E-state index contributed by atoms with van der Waals surface area (Å²) < 4.78 is 36.9. The van der Waals surface area contributed by atoms with Crippen LogP contribution >= 0.6 is 0 Å². The van der Waals surface area contributed by atoms with E-state index in [1.165, 1.54) is 10.5 Å². The highest BCUT2D eigenvalue weighted by atomic mass is 19.4. The molecule has 0 spiro atoms. The maximum Gasteiger partial charge on any atom is 0.401 e. The molecule has 0 aromatic heterocycles. The molecular formula is C15H22F3N3. The number of aryl methyl sites for hydroxylation is 1. The fourth-order valence-electron chi connectivity index (χ4n) is 2.68. The van der Waals surface area contributed by atoms with Gasteiger partial charge in [0.2, 0.25) is 0 Å². The predicted octanol–water partition coefficient (Wildman–Crippen LogP) is 2.38. The molecule has 1 aliphatic heterocycles. The minimum atomic E-state index is -4.09. The quantitative estimate of drug-likeness (QED) is 0.848. The Morgan fingerprint density at radius 3 is 2.33 bits per heavy atom. The molecule has 2 N–H and O–H groups in total. The van der Waals surface area contributed by atoms with Crippen LogP contribution in [0.2, 0.25) is 0 Å². The zero-order valence-corrected chi connectivity index (χ0v) is 12.1. The van der Waals surface area contributed by atoms with Crippen molar-refractivity contribution in [1.82, 2.24) is 9.80 Å². The van der Waals surface area contributed by atoms with Crippen molar-refractivity contribution in [2.45, 2.75) is 19.0 Å². The molecule has 3 nitrogen and oxygen atoms in total. The van der Waals surface area contributed by atoms with E-state index in [0.717, 1.165) is 25.1 Å². The molecule has 0 bridgehead atoms. The largest absolute Gasteiger partial charge is 0.401 e. The molecule has 0 radical (unpaired) electrons. The fraction of sp³-hybridized carbons (Fsp3) is 0.600.